The number of piperidine rings is 1. The molecule has 5 fully saturated rings. The lowest BCUT2D eigenvalue weighted by Gasteiger charge is -2.37. The number of pyridine rings is 1. The van der Waals surface area contributed by atoms with Crippen molar-refractivity contribution in [2.45, 2.75) is 56.9 Å². The Balaban J connectivity index is 1.10. The van der Waals surface area contributed by atoms with E-state index in [-0.39, 0.29) is 80.8 Å². The van der Waals surface area contributed by atoms with Crippen LogP contribution in [0.4, 0.5) is 28.4 Å². The number of aromatic nitrogens is 3. The minimum absolute atomic E-state index is 0.0425. The number of halogens is 4. The predicted octanol–water partition coefficient (Wildman–Crippen LogP) is 4.97. The van der Waals surface area contributed by atoms with Gasteiger partial charge < -0.3 is 30.3 Å². The van der Waals surface area contributed by atoms with Crippen molar-refractivity contribution in [2.24, 2.45) is 17.3 Å². The van der Waals surface area contributed by atoms with Gasteiger partial charge in [-0.2, -0.15) is 15.2 Å². The topological polar surface area (TPSA) is 125 Å². The molecule has 7 heterocycles. The monoisotopic (exact) mass is 692 g/mol. The first-order chi connectivity index (χ1) is 23.7. The summed E-state index contributed by atoms with van der Waals surface area (Å²) < 4.78 is 72.4. The molecule has 0 amide bonds. The highest BCUT2D eigenvalue weighted by molar-refractivity contribution is 7.23. The van der Waals surface area contributed by atoms with Crippen LogP contribution in [0.2, 0.25) is 0 Å². The Morgan fingerprint density at radius 3 is 2.53 bits per heavy atom. The normalized spacial score (nSPS) is 27.4. The third kappa shape index (κ3) is 4.36. The van der Waals surface area contributed by atoms with E-state index < -0.39 is 29.4 Å². The van der Waals surface area contributed by atoms with Crippen molar-refractivity contribution in [2.75, 3.05) is 50.0 Å². The quantitative estimate of drug-likeness (QED) is 0.257. The van der Waals surface area contributed by atoms with Crippen molar-refractivity contribution in [3.8, 4) is 23.3 Å². The summed E-state index contributed by atoms with van der Waals surface area (Å²) in [5.74, 6) is -4.34. The number of anilines is 2. The molecule has 10 nitrogen and oxygen atoms in total. The number of nitrogens with two attached hydrogens (primary N) is 1. The van der Waals surface area contributed by atoms with Gasteiger partial charge in [0.2, 0.25) is 0 Å². The summed E-state index contributed by atoms with van der Waals surface area (Å²) in [6, 6.07) is 2.41. The SMILES string of the molecule is N#Cc1c(N)sc2c(F)cnc(-c3c4c(c5c(N6C7CCC6CNC7)nc(OCC6(CN7CC8C(C7)C8(F)F)CC6)nc5c3F)COC4)c12. The van der Waals surface area contributed by atoms with E-state index in [0.29, 0.717) is 36.4 Å². The molecule has 2 bridgehead atoms. The molecule has 4 unspecified atom stereocenters. The van der Waals surface area contributed by atoms with Crippen molar-refractivity contribution in [1.29, 1.82) is 5.26 Å². The molecule has 1 aromatic carbocycles. The summed E-state index contributed by atoms with van der Waals surface area (Å²) in [4.78, 5) is 18.4. The van der Waals surface area contributed by atoms with E-state index in [4.69, 9.17) is 25.2 Å². The van der Waals surface area contributed by atoms with Crippen molar-refractivity contribution in [3.05, 3.63) is 34.5 Å². The van der Waals surface area contributed by atoms with Crippen LogP contribution in [0.25, 0.3) is 32.2 Å². The third-order valence-corrected chi connectivity index (χ3v) is 12.8. The van der Waals surface area contributed by atoms with Crippen LogP contribution in [0.1, 0.15) is 42.4 Å². The van der Waals surface area contributed by atoms with Gasteiger partial charge in [0, 0.05) is 73.0 Å². The Kier molecular flexibility index (Phi) is 6.34. The number of nitrogen functional groups attached to an aromatic ring is 1. The van der Waals surface area contributed by atoms with Gasteiger partial charge in [-0.3, -0.25) is 4.98 Å². The Bertz CT molecular complexity index is 2100. The molecule has 2 aliphatic carbocycles. The van der Waals surface area contributed by atoms with Crippen LogP contribution in [0.15, 0.2) is 6.20 Å². The van der Waals surface area contributed by atoms with Crippen LogP contribution in [0.3, 0.4) is 0 Å². The molecule has 3 N–H and O–H groups in total. The van der Waals surface area contributed by atoms with E-state index in [0.717, 1.165) is 61.9 Å². The van der Waals surface area contributed by atoms with Gasteiger partial charge in [-0.15, -0.1) is 11.3 Å². The average molecular weight is 693 g/mol. The zero-order chi connectivity index (χ0) is 33.4. The van der Waals surface area contributed by atoms with Crippen LogP contribution in [-0.4, -0.2) is 77.2 Å². The fourth-order valence-electron chi connectivity index (χ4n) is 8.94. The number of thiophene rings is 1. The van der Waals surface area contributed by atoms with Crippen LogP contribution in [-0.2, 0) is 18.0 Å². The number of ether oxygens (including phenoxy) is 2. The number of hydrogen-bond acceptors (Lipinski definition) is 11. The highest BCUT2D eigenvalue weighted by Gasteiger charge is 2.71. The predicted molar refractivity (Wildman–Crippen MR) is 173 cm³/mol. The number of benzene rings is 1. The zero-order valence-corrected chi connectivity index (χ0v) is 27.2. The van der Waals surface area contributed by atoms with Gasteiger partial charge in [-0.1, -0.05) is 0 Å². The summed E-state index contributed by atoms with van der Waals surface area (Å²) in [5, 5.41) is 14.3. The number of hydrogen-bond donors (Lipinski definition) is 2. The molecular formula is C34H32F4N8O2S. The smallest absolute Gasteiger partial charge is 0.319 e. The van der Waals surface area contributed by atoms with Crippen LogP contribution in [0.5, 0.6) is 6.01 Å². The van der Waals surface area contributed by atoms with Gasteiger partial charge in [0.25, 0.3) is 5.92 Å². The molecule has 4 atom stereocenters. The first-order valence-electron chi connectivity index (χ1n) is 16.8. The third-order valence-electron chi connectivity index (χ3n) is 11.7. The van der Waals surface area contributed by atoms with Crippen molar-refractivity contribution in [1.82, 2.24) is 25.2 Å². The summed E-state index contributed by atoms with van der Waals surface area (Å²) >= 11 is 0.929. The molecular weight excluding hydrogens is 660 g/mol. The highest BCUT2D eigenvalue weighted by atomic mass is 32.1. The Morgan fingerprint density at radius 2 is 1.82 bits per heavy atom. The molecule has 10 rings (SSSR count). The second kappa shape index (κ2) is 10.3. The van der Waals surface area contributed by atoms with Crippen LogP contribution < -0.4 is 20.7 Å². The molecule has 4 aliphatic heterocycles. The number of fused-ring (bicyclic) bond motifs is 7. The van der Waals surface area contributed by atoms with Gasteiger partial charge in [-0.05, 0) is 36.8 Å². The first kappa shape index (κ1) is 30.0. The van der Waals surface area contributed by atoms with E-state index in [9.17, 15) is 18.4 Å². The Labute approximate surface area is 282 Å². The zero-order valence-electron chi connectivity index (χ0n) is 26.4. The van der Waals surface area contributed by atoms with Crippen LogP contribution in [0, 0.1) is 40.2 Å². The fourth-order valence-corrected chi connectivity index (χ4v) is 9.86. The number of rotatable bonds is 7. The maximum atomic E-state index is 17.3. The summed E-state index contributed by atoms with van der Waals surface area (Å²) in [6.45, 7) is 3.58. The lowest BCUT2D eigenvalue weighted by molar-refractivity contribution is 0.0460. The van der Waals surface area contributed by atoms with E-state index >= 15 is 4.39 Å². The second-order valence-electron chi connectivity index (χ2n) is 14.6. The standard InChI is InChI=1S/C34H32F4N8O2S/c35-22-8-42-27(24-17(5-39)30(40)49-29(22)24)23-18-11-47-12-19(18)25-28(26(23)36)43-32(44-31(25)46-15-1-2-16(46)7-41-6-15)48-14-33(3-4-33)13-45-9-20-21(10-45)34(20,37)38/h8,15-16,20-21,41H,1-4,6-7,9-14,40H2. The van der Waals surface area contributed by atoms with E-state index in [1.807, 2.05) is 0 Å². The molecule has 4 aromatic rings. The molecule has 6 aliphatic rings. The number of likely N-dealkylation sites (tertiary alicyclic amines) is 1. The number of nitrogens with one attached hydrogen (secondary N) is 1. The minimum Gasteiger partial charge on any atom is -0.463 e. The van der Waals surface area contributed by atoms with Crippen molar-refractivity contribution >= 4 is 43.1 Å². The summed E-state index contributed by atoms with van der Waals surface area (Å²) in [5.41, 5.74) is 7.53. The number of alkyl halides is 2. The van der Waals surface area contributed by atoms with Gasteiger partial charge in [0.1, 0.15) is 22.4 Å². The molecule has 3 saturated heterocycles. The average Bonchev–Trinajstić information content (AvgIpc) is 3.52. The molecule has 0 spiro atoms. The lowest BCUT2D eigenvalue weighted by Crippen LogP contribution is -2.52. The molecule has 254 valence electrons. The number of nitrogens with zero attached hydrogens (tertiary/aromatic N) is 6. The van der Waals surface area contributed by atoms with Crippen molar-refractivity contribution < 1.29 is 27.0 Å². The number of piperazine rings is 1. The van der Waals surface area contributed by atoms with Crippen molar-refractivity contribution in [3.63, 3.8) is 0 Å². The van der Waals surface area contributed by atoms with E-state index in [1.54, 1.807) is 0 Å². The fraction of sp³-hybridized carbons (Fsp3) is 0.529. The van der Waals surface area contributed by atoms with E-state index in [1.165, 1.54) is 0 Å². The first-order valence-corrected chi connectivity index (χ1v) is 17.6. The second-order valence-corrected chi connectivity index (χ2v) is 15.7. The molecule has 3 aromatic heterocycles. The van der Waals surface area contributed by atoms with Gasteiger partial charge >= 0.3 is 6.01 Å². The summed E-state index contributed by atoms with van der Waals surface area (Å²) in [6.07, 6.45) is 4.76. The van der Waals surface area contributed by atoms with Gasteiger partial charge in [-0.25, -0.2) is 17.6 Å². The molecule has 2 saturated carbocycles. The van der Waals surface area contributed by atoms with Gasteiger partial charge in [0.05, 0.1) is 47.4 Å². The molecule has 15 heteroatoms. The summed E-state index contributed by atoms with van der Waals surface area (Å²) in [7, 11) is 0. The van der Waals surface area contributed by atoms with Crippen LogP contribution >= 0.6 is 11.3 Å². The molecule has 49 heavy (non-hydrogen) atoms. The largest absolute Gasteiger partial charge is 0.463 e. The Hall–Kier alpha value is -3.84. The maximum absolute atomic E-state index is 17.3. The molecule has 0 radical (unpaired) electrons. The van der Waals surface area contributed by atoms with Gasteiger partial charge in [0.15, 0.2) is 11.6 Å². The maximum Gasteiger partial charge on any atom is 0.319 e. The number of nitriles is 1. The Morgan fingerprint density at radius 1 is 1.08 bits per heavy atom. The minimum atomic E-state index is -2.53. The highest BCUT2D eigenvalue weighted by Crippen LogP contribution is 2.60. The lowest BCUT2D eigenvalue weighted by atomic mass is 9.93. The van der Waals surface area contributed by atoms with E-state index in [2.05, 4.69) is 26.2 Å².